The van der Waals surface area contributed by atoms with Gasteiger partial charge in [-0.2, -0.15) is 26.3 Å². The normalized spacial score (nSPS) is 48.2. The third-order valence-electron chi connectivity index (χ3n) is 7.29. The molecule has 144 valence electrons. The molecule has 0 saturated heterocycles. The first-order valence-electron chi connectivity index (χ1n) is 8.12. The maximum absolute atomic E-state index is 15.3. The second-order valence-electron chi connectivity index (χ2n) is 7.98. The first-order chi connectivity index (χ1) is 11.2. The number of alkyl halides is 9. The van der Waals surface area contributed by atoms with Crippen LogP contribution >= 0.6 is 0 Å². The van der Waals surface area contributed by atoms with Crippen molar-refractivity contribution < 1.29 is 44.6 Å². The van der Waals surface area contributed by atoms with E-state index in [0.717, 1.165) is 0 Å². The molecule has 1 nitrogen and oxygen atoms in total. The van der Waals surface area contributed by atoms with Crippen molar-refractivity contribution in [3.63, 3.8) is 0 Å². The van der Waals surface area contributed by atoms with Crippen molar-refractivity contribution >= 4 is 0 Å². The highest BCUT2D eigenvalue weighted by Gasteiger charge is 2.94. The van der Waals surface area contributed by atoms with Crippen LogP contribution in [0.3, 0.4) is 0 Å². The van der Waals surface area contributed by atoms with E-state index in [0.29, 0.717) is 19.3 Å². The summed E-state index contributed by atoms with van der Waals surface area (Å²) in [5.41, 5.74) is -11.2. The van der Waals surface area contributed by atoms with Gasteiger partial charge in [0.25, 0.3) is 11.5 Å². The summed E-state index contributed by atoms with van der Waals surface area (Å²) in [6, 6.07) is 0. The Hall–Kier alpha value is -0.670. The summed E-state index contributed by atoms with van der Waals surface area (Å²) in [6.07, 6.45) is -12.5. The van der Waals surface area contributed by atoms with E-state index in [1.165, 1.54) is 0 Å². The Balaban J connectivity index is 1.89. The molecule has 0 aromatic carbocycles. The number of aliphatic hydroxyl groups is 1. The van der Waals surface area contributed by atoms with Crippen LogP contribution in [-0.2, 0) is 0 Å². The molecule has 4 aliphatic rings. The number of halogens is 9. The smallest absolute Gasteiger partial charge is 0.371 e. The van der Waals surface area contributed by atoms with Gasteiger partial charge < -0.3 is 5.11 Å². The minimum absolute atomic E-state index is 0.203. The summed E-state index contributed by atoms with van der Waals surface area (Å²) >= 11 is 0. The maximum atomic E-state index is 15.3. The van der Waals surface area contributed by atoms with Gasteiger partial charge in [-0.25, -0.2) is 13.2 Å². The molecule has 7 atom stereocenters. The van der Waals surface area contributed by atoms with Crippen LogP contribution in [0.1, 0.15) is 25.7 Å². The fraction of sp³-hybridized carbons (Fsp3) is 1.00. The Morgan fingerprint density at radius 1 is 0.720 bits per heavy atom. The van der Waals surface area contributed by atoms with Gasteiger partial charge in [-0.15, -0.1) is 0 Å². The molecule has 0 aromatic rings. The van der Waals surface area contributed by atoms with Crippen molar-refractivity contribution in [2.24, 2.45) is 35.5 Å². The SMILES string of the molecule is OC(C(F)(F)F)(C(F)(F)F)C1(F)C2CC(C3C4CCC(C4)C32)C1(F)F. The Kier molecular flexibility index (Phi) is 3.13. The van der Waals surface area contributed by atoms with Crippen LogP contribution in [0.5, 0.6) is 0 Å². The lowest BCUT2D eigenvalue weighted by Crippen LogP contribution is -2.77. The highest BCUT2D eigenvalue weighted by atomic mass is 19.4. The Morgan fingerprint density at radius 3 is 1.60 bits per heavy atom. The molecule has 4 bridgehead atoms. The summed E-state index contributed by atoms with van der Waals surface area (Å²) in [5, 5.41) is 9.49. The standard InChI is InChI=1S/C15H15F9O/c16-11(13(25,14(19,20)21)15(22,23)24)7-4-8(12(11,17)18)10-6-2-1-5(3-6)9(7)10/h5-10,25H,1-4H2. The van der Waals surface area contributed by atoms with E-state index in [2.05, 4.69) is 0 Å². The molecule has 25 heavy (non-hydrogen) atoms. The molecule has 0 spiro atoms. The molecule has 0 aromatic heterocycles. The van der Waals surface area contributed by atoms with Crippen LogP contribution in [0, 0.1) is 35.5 Å². The molecular weight excluding hydrogens is 367 g/mol. The minimum Gasteiger partial charge on any atom is -0.371 e. The molecule has 0 radical (unpaired) electrons. The van der Waals surface area contributed by atoms with Crippen molar-refractivity contribution in [1.82, 2.24) is 0 Å². The summed E-state index contributed by atoms with van der Waals surface area (Å²) in [7, 11) is 0. The van der Waals surface area contributed by atoms with Gasteiger partial charge in [0.1, 0.15) is 0 Å². The van der Waals surface area contributed by atoms with Crippen LogP contribution in [0.2, 0.25) is 0 Å². The predicted octanol–water partition coefficient (Wildman–Crippen LogP) is 4.50. The average Bonchev–Trinajstić information content (AvgIpc) is 3.15. The van der Waals surface area contributed by atoms with Crippen molar-refractivity contribution in [2.45, 2.75) is 55.2 Å². The van der Waals surface area contributed by atoms with Crippen molar-refractivity contribution in [1.29, 1.82) is 0 Å². The quantitative estimate of drug-likeness (QED) is 0.523. The average molecular weight is 382 g/mol. The molecule has 4 fully saturated rings. The van der Waals surface area contributed by atoms with Crippen LogP contribution < -0.4 is 0 Å². The zero-order valence-electron chi connectivity index (χ0n) is 12.6. The Morgan fingerprint density at radius 2 is 1.16 bits per heavy atom. The Bertz CT molecular complexity index is 583. The number of fused-ring (bicyclic) bond motifs is 9. The fourth-order valence-electron chi connectivity index (χ4n) is 6.58. The van der Waals surface area contributed by atoms with Crippen LogP contribution in [0.15, 0.2) is 0 Å². The van der Waals surface area contributed by atoms with E-state index in [4.69, 9.17) is 0 Å². The molecule has 0 amide bonds. The largest absolute Gasteiger partial charge is 0.429 e. The Labute approximate surface area is 136 Å². The highest BCUT2D eigenvalue weighted by molar-refractivity contribution is 5.30. The molecule has 7 unspecified atom stereocenters. The van der Waals surface area contributed by atoms with E-state index < -0.39 is 59.6 Å². The topological polar surface area (TPSA) is 20.2 Å². The first kappa shape index (κ1) is 17.7. The highest BCUT2D eigenvalue weighted by Crippen LogP contribution is 2.78. The van der Waals surface area contributed by atoms with Gasteiger partial charge in [0.05, 0.1) is 0 Å². The third-order valence-corrected chi connectivity index (χ3v) is 7.29. The van der Waals surface area contributed by atoms with Crippen molar-refractivity contribution in [3.8, 4) is 0 Å². The zero-order valence-corrected chi connectivity index (χ0v) is 12.6. The van der Waals surface area contributed by atoms with E-state index in [1.54, 1.807) is 0 Å². The second-order valence-corrected chi connectivity index (χ2v) is 7.98. The monoisotopic (exact) mass is 382 g/mol. The van der Waals surface area contributed by atoms with Gasteiger partial charge in [0.2, 0.25) is 5.67 Å². The summed E-state index contributed by atoms with van der Waals surface area (Å²) < 4.78 is 124. The minimum atomic E-state index is -6.61. The van der Waals surface area contributed by atoms with E-state index >= 15 is 4.39 Å². The van der Waals surface area contributed by atoms with Gasteiger partial charge in [-0.05, 0) is 49.4 Å². The summed E-state index contributed by atoms with van der Waals surface area (Å²) in [4.78, 5) is 0. The lowest BCUT2D eigenvalue weighted by molar-refractivity contribution is -0.435. The number of hydrogen-bond donors (Lipinski definition) is 1. The van der Waals surface area contributed by atoms with Crippen LogP contribution in [0.25, 0.3) is 0 Å². The zero-order chi connectivity index (χ0) is 18.8. The third kappa shape index (κ3) is 1.64. The number of rotatable bonds is 1. The first-order valence-corrected chi connectivity index (χ1v) is 8.12. The van der Waals surface area contributed by atoms with Crippen LogP contribution in [-0.4, -0.2) is 34.7 Å². The van der Waals surface area contributed by atoms with E-state index in [-0.39, 0.29) is 11.8 Å². The molecule has 4 saturated carbocycles. The second kappa shape index (κ2) is 4.42. The number of hydrogen-bond acceptors (Lipinski definition) is 1. The lowest BCUT2D eigenvalue weighted by atomic mass is 9.60. The molecule has 4 rings (SSSR count). The molecule has 10 heteroatoms. The van der Waals surface area contributed by atoms with E-state index in [9.17, 15) is 40.2 Å². The molecule has 0 heterocycles. The van der Waals surface area contributed by atoms with Crippen molar-refractivity contribution in [3.05, 3.63) is 0 Å². The molecular formula is C15H15F9O. The van der Waals surface area contributed by atoms with Gasteiger partial charge in [-0.1, -0.05) is 0 Å². The summed E-state index contributed by atoms with van der Waals surface area (Å²) in [6.45, 7) is 0. The molecule has 1 N–H and O–H groups in total. The predicted molar refractivity (Wildman–Crippen MR) is 65.3 cm³/mol. The van der Waals surface area contributed by atoms with E-state index in [1.807, 2.05) is 0 Å². The summed E-state index contributed by atoms with van der Waals surface area (Å²) in [5.74, 6) is -11.2. The van der Waals surface area contributed by atoms with Crippen molar-refractivity contribution in [2.75, 3.05) is 0 Å². The maximum Gasteiger partial charge on any atom is 0.429 e. The van der Waals surface area contributed by atoms with Gasteiger partial charge >= 0.3 is 12.4 Å². The van der Waals surface area contributed by atoms with Gasteiger partial charge in [0.15, 0.2) is 0 Å². The lowest BCUT2D eigenvalue weighted by Gasteiger charge is -2.52. The van der Waals surface area contributed by atoms with Gasteiger partial charge in [0, 0.05) is 11.8 Å². The molecule has 4 aliphatic carbocycles. The van der Waals surface area contributed by atoms with Gasteiger partial charge in [-0.3, -0.25) is 0 Å². The molecule has 0 aliphatic heterocycles. The fourth-order valence-corrected chi connectivity index (χ4v) is 6.58. The van der Waals surface area contributed by atoms with Crippen LogP contribution in [0.4, 0.5) is 39.5 Å².